The first kappa shape index (κ1) is 16.8. The molecule has 3 N–H and O–H groups in total. The number of H-pyrrole nitrogens is 1. The average Bonchev–Trinajstić information content (AvgIpc) is 3.06. The third-order valence-corrected chi connectivity index (χ3v) is 3.94. The van der Waals surface area contributed by atoms with Gasteiger partial charge in [0.1, 0.15) is 5.69 Å². The molecule has 0 saturated heterocycles. The summed E-state index contributed by atoms with van der Waals surface area (Å²) in [6.07, 6.45) is 1.06. The van der Waals surface area contributed by atoms with Crippen molar-refractivity contribution in [1.82, 2.24) is 15.6 Å². The van der Waals surface area contributed by atoms with Crippen molar-refractivity contribution in [3.63, 3.8) is 0 Å². The molecule has 0 atom stereocenters. The van der Waals surface area contributed by atoms with Crippen LogP contribution in [0.15, 0.2) is 60.7 Å². The highest BCUT2D eigenvalue weighted by Gasteiger charge is 2.08. The number of nitrogens with one attached hydrogen (secondary N) is 3. The van der Waals surface area contributed by atoms with Crippen LogP contribution >= 0.6 is 0 Å². The van der Waals surface area contributed by atoms with Gasteiger partial charge in [-0.3, -0.25) is 9.59 Å². The Morgan fingerprint density at radius 3 is 2.40 bits per heavy atom. The monoisotopic (exact) mass is 335 g/mol. The highest BCUT2D eigenvalue weighted by molar-refractivity contribution is 5.97. The SMILES string of the molecule is O=C(Cc1ccccc1)NCCCNC(=O)c1cc2ccccc2[nH]1. The fourth-order valence-corrected chi connectivity index (χ4v) is 2.65. The maximum atomic E-state index is 12.1. The Bertz CT molecular complexity index is 823. The van der Waals surface area contributed by atoms with Crippen LogP contribution in [0.25, 0.3) is 10.9 Å². The van der Waals surface area contributed by atoms with Gasteiger partial charge in [-0.15, -0.1) is 0 Å². The number of fused-ring (bicyclic) bond motifs is 1. The quantitative estimate of drug-likeness (QED) is 0.581. The van der Waals surface area contributed by atoms with Crippen LogP contribution in [0.5, 0.6) is 0 Å². The van der Waals surface area contributed by atoms with Crippen molar-refractivity contribution in [3.05, 3.63) is 71.9 Å². The van der Waals surface area contributed by atoms with Crippen molar-refractivity contribution < 1.29 is 9.59 Å². The zero-order chi connectivity index (χ0) is 17.5. The van der Waals surface area contributed by atoms with Crippen molar-refractivity contribution >= 4 is 22.7 Å². The van der Waals surface area contributed by atoms with Crippen LogP contribution in [-0.4, -0.2) is 29.9 Å². The van der Waals surface area contributed by atoms with Crippen LogP contribution in [0, 0.1) is 0 Å². The lowest BCUT2D eigenvalue weighted by Gasteiger charge is -2.06. The standard InChI is InChI=1S/C20H21N3O2/c24-19(13-15-7-2-1-3-8-15)21-11-6-12-22-20(25)18-14-16-9-4-5-10-17(16)23-18/h1-5,7-10,14,23H,6,11-13H2,(H,21,24)(H,22,25). The number of para-hydroxylation sites is 1. The minimum absolute atomic E-state index is 0.00635. The molecule has 2 amide bonds. The fraction of sp³-hybridized carbons (Fsp3) is 0.200. The van der Waals surface area contributed by atoms with E-state index >= 15 is 0 Å². The molecule has 1 heterocycles. The zero-order valence-electron chi connectivity index (χ0n) is 13.9. The highest BCUT2D eigenvalue weighted by atomic mass is 16.2. The predicted molar refractivity (Wildman–Crippen MR) is 98.4 cm³/mol. The topological polar surface area (TPSA) is 74.0 Å². The molecule has 0 radical (unpaired) electrons. The lowest BCUT2D eigenvalue weighted by molar-refractivity contribution is -0.120. The van der Waals surface area contributed by atoms with E-state index in [1.165, 1.54) is 0 Å². The van der Waals surface area contributed by atoms with Crippen molar-refractivity contribution in [1.29, 1.82) is 0 Å². The second kappa shape index (κ2) is 8.15. The van der Waals surface area contributed by atoms with Crippen LogP contribution in [0.4, 0.5) is 0 Å². The van der Waals surface area contributed by atoms with Gasteiger partial charge < -0.3 is 15.6 Å². The van der Waals surface area contributed by atoms with Crippen LogP contribution < -0.4 is 10.6 Å². The summed E-state index contributed by atoms with van der Waals surface area (Å²) in [5, 5.41) is 6.74. The third-order valence-electron chi connectivity index (χ3n) is 3.94. The Morgan fingerprint density at radius 1 is 0.880 bits per heavy atom. The van der Waals surface area contributed by atoms with E-state index in [1.807, 2.05) is 60.7 Å². The lowest BCUT2D eigenvalue weighted by Crippen LogP contribution is -2.30. The Labute approximate surface area is 146 Å². The van der Waals surface area contributed by atoms with Gasteiger partial charge in [0.2, 0.25) is 5.91 Å². The summed E-state index contributed by atoms with van der Waals surface area (Å²) in [7, 11) is 0. The molecule has 128 valence electrons. The molecule has 5 heteroatoms. The lowest BCUT2D eigenvalue weighted by atomic mass is 10.1. The summed E-state index contributed by atoms with van der Waals surface area (Å²) >= 11 is 0. The number of benzene rings is 2. The van der Waals surface area contributed by atoms with Gasteiger partial charge in [0.25, 0.3) is 5.91 Å². The number of hydrogen-bond donors (Lipinski definition) is 3. The molecule has 25 heavy (non-hydrogen) atoms. The van der Waals surface area contributed by atoms with E-state index in [0.717, 1.165) is 16.5 Å². The number of aromatic nitrogens is 1. The Kier molecular flexibility index (Phi) is 5.46. The van der Waals surface area contributed by atoms with Crippen molar-refractivity contribution in [2.45, 2.75) is 12.8 Å². The molecule has 3 aromatic rings. The minimum Gasteiger partial charge on any atom is -0.356 e. The molecule has 0 bridgehead atoms. The summed E-state index contributed by atoms with van der Waals surface area (Å²) in [4.78, 5) is 27.0. The number of carbonyl (C=O) groups is 2. The summed E-state index contributed by atoms with van der Waals surface area (Å²) in [5.41, 5.74) is 2.49. The normalized spacial score (nSPS) is 10.6. The molecule has 0 fully saturated rings. The van der Waals surface area contributed by atoms with E-state index in [4.69, 9.17) is 0 Å². The molecule has 1 aromatic heterocycles. The molecule has 0 saturated carbocycles. The van der Waals surface area contributed by atoms with E-state index < -0.39 is 0 Å². The maximum Gasteiger partial charge on any atom is 0.267 e. The molecule has 0 aliphatic rings. The van der Waals surface area contributed by atoms with Gasteiger partial charge in [0.15, 0.2) is 0 Å². The van der Waals surface area contributed by atoms with Gasteiger partial charge in [-0.2, -0.15) is 0 Å². The molecule has 5 nitrogen and oxygen atoms in total. The van der Waals surface area contributed by atoms with Crippen LogP contribution in [0.1, 0.15) is 22.5 Å². The Morgan fingerprint density at radius 2 is 1.60 bits per heavy atom. The molecular formula is C20H21N3O2. The average molecular weight is 335 g/mol. The minimum atomic E-state index is -0.133. The van der Waals surface area contributed by atoms with E-state index in [1.54, 1.807) is 0 Å². The molecule has 2 aromatic carbocycles. The Balaban J connectivity index is 1.36. The first-order chi connectivity index (χ1) is 12.2. The molecule has 0 aliphatic carbocycles. The highest BCUT2D eigenvalue weighted by Crippen LogP contribution is 2.14. The van der Waals surface area contributed by atoms with Gasteiger partial charge in [-0.1, -0.05) is 48.5 Å². The summed E-state index contributed by atoms with van der Waals surface area (Å²) in [6.45, 7) is 1.05. The third kappa shape index (κ3) is 4.70. The smallest absolute Gasteiger partial charge is 0.267 e. The number of amides is 2. The van der Waals surface area contributed by atoms with Crippen LogP contribution in [0.2, 0.25) is 0 Å². The van der Waals surface area contributed by atoms with E-state index in [-0.39, 0.29) is 11.8 Å². The summed E-state index contributed by atoms with van der Waals surface area (Å²) in [6, 6.07) is 19.2. The second-order valence-electron chi connectivity index (χ2n) is 5.89. The van der Waals surface area contributed by atoms with E-state index in [9.17, 15) is 9.59 Å². The second-order valence-corrected chi connectivity index (χ2v) is 5.89. The number of hydrogen-bond acceptors (Lipinski definition) is 2. The molecular weight excluding hydrogens is 314 g/mol. The molecule has 3 rings (SSSR count). The van der Waals surface area contributed by atoms with Gasteiger partial charge in [-0.25, -0.2) is 0 Å². The van der Waals surface area contributed by atoms with Crippen molar-refractivity contribution in [2.75, 3.05) is 13.1 Å². The van der Waals surface area contributed by atoms with Crippen molar-refractivity contribution in [3.8, 4) is 0 Å². The van der Waals surface area contributed by atoms with Crippen molar-refractivity contribution in [2.24, 2.45) is 0 Å². The molecule has 0 unspecified atom stereocenters. The maximum absolute atomic E-state index is 12.1. The first-order valence-corrected chi connectivity index (χ1v) is 8.39. The fourth-order valence-electron chi connectivity index (χ4n) is 2.65. The van der Waals surface area contributed by atoms with Gasteiger partial charge in [0.05, 0.1) is 6.42 Å². The zero-order valence-corrected chi connectivity index (χ0v) is 13.9. The number of carbonyl (C=O) groups excluding carboxylic acids is 2. The van der Waals surface area contributed by atoms with Gasteiger partial charge in [-0.05, 0) is 24.1 Å². The van der Waals surface area contributed by atoms with E-state index in [2.05, 4.69) is 15.6 Å². The van der Waals surface area contributed by atoms with Gasteiger partial charge >= 0.3 is 0 Å². The molecule has 0 aliphatic heterocycles. The predicted octanol–water partition coefficient (Wildman–Crippen LogP) is 2.65. The first-order valence-electron chi connectivity index (χ1n) is 8.39. The summed E-state index contributed by atoms with van der Waals surface area (Å²) in [5.74, 6) is -0.139. The molecule has 0 spiro atoms. The Hall–Kier alpha value is -3.08. The van der Waals surface area contributed by atoms with Crippen LogP contribution in [-0.2, 0) is 11.2 Å². The number of rotatable bonds is 7. The summed E-state index contributed by atoms with van der Waals surface area (Å²) < 4.78 is 0. The van der Waals surface area contributed by atoms with E-state index in [0.29, 0.717) is 31.6 Å². The number of aromatic amines is 1. The largest absolute Gasteiger partial charge is 0.356 e. The van der Waals surface area contributed by atoms with Crippen LogP contribution in [0.3, 0.4) is 0 Å². The van der Waals surface area contributed by atoms with Gasteiger partial charge in [0, 0.05) is 24.0 Å².